The SMILES string of the molecule is BrC1=C(Br)C(Br)(Br)C2C3C=CC(C3)C12. The normalized spacial score (nSPS) is 47.7. The molecule has 4 atom stereocenters. The molecule has 2 bridgehead atoms. The Morgan fingerprint density at radius 1 is 1.14 bits per heavy atom. The van der Waals surface area contributed by atoms with Gasteiger partial charge in [-0.25, -0.2) is 0 Å². The van der Waals surface area contributed by atoms with Gasteiger partial charge < -0.3 is 0 Å². The van der Waals surface area contributed by atoms with Crippen molar-refractivity contribution in [1.29, 1.82) is 0 Å². The van der Waals surface area contributed by atoms with Crippen LogP contribution in [0.5, 0.6) is 0 Å². The van der Waals surface area contributed by atoms with Crippen LogP contribution in [0.1, 0.15) is 6.42 Å². The van der Waals surface area contributed by atoms with E-state index in [0.717, 1.165) is 11.8 Å². The van der Waals surface area contributed by atoms with Crippen LogP contribution < -0.4 is 0 Å². The van der Waals surface area contributed by atoms with Crippen LogP contribution in [0.2, 0.25) is 0 Å². The zero-order chi connectivity index (χ0) is 10.1. The molecule has 4 heteroatoms. The molecule has 1 saturated carbocycles. The van der Waals surface area contributed by atoms with Crippen molar-refractivity contribution in [3.63, 3.8) is 0 Å². The molecule has 0 N–H and O–H groups in total. The van der Waals surface area contributed by atoms with Crippen LogP contribution in [-0.4, -0.2) is 3.23 Å². The molecule has 0 aliphatic heterocycles. The third-order valence-electron chi connectivity index (χ3n) is 3.67. The third kappa shape index (κ3) is 1.15. The first-order chi connectivity index (χ1) is 6.53. The van der Waals surface area contributed by atoms with Crippen molar-refractivity contribution in [1.82, 2.24) is 0 Å². The Labute approximate surface area is 117 Å². The van der Waals surface area contributed by atoms with Gasteiger partial charge in [0.25, 0.3) is 0 Å². The average Bonchev–Trinajstić information content (AvgIpc) is 2.76. The van der Waals surface area contributed by atoms with Crippen LogP contribution >= 0.6 is 63.7 Å². The molecule has 0 aromatic carbocycles. The van der Waals surface area contributed by atoms with Crippen molar-refractivity contribution in [2.75, 3.05) is 0 Å². The van der Waals surface area contributed by atoms with E-state index >= 15 is 0 Å². The predicted octanol–water partition coefficient (Wildman–Crippen LogP) is 4.93. The highest BCUT2D eigenvalue weighted by Gasteiger charge is 2.59. The second-order valence-electron chi connectivity index (χ2n) is 4.28. The van der Waals surface area contributed by atoms with Gasteiger partial charge in [-0.3, -0.25) is 0 Å². The van der Waals surface area contributed by atoms with Crippen molar-refractivity contribution < 1.29 is 0 Å². The summed E-state index contributed by atoms with van der Waals surface area (Å²) in [7, 11) is 0. The van der Waals surface area contributed by atoms with E-state index < -0.39 is 0 Å². The Kier molecular flexibility index (Phi) is 2.42. The van der Waals surface area contributed by atoms with E-state index in [-0.39, 0.29) is 3.23 Å². The Morgan fingerprint density at radius 2 is 1.79 bits per heavy atom. The number of alkyl halides is 2. The molecule has 0 amide bonds. The van der Waals surface area contributed by atoms with Crippen molar-refractivity contribution in [2.24, 2.45) is 23.7 Å². The van der Waals surface area contributed by atoms with Gasteiger partial charge in [0.05, 0.1) is 0 Å². The number of halogens is 4. The first-order valence-electron chi connectivity index (χ1n) is 4.65. The Balaban J connectivity index is 2.12. The largest absolute Gasteiger partial charge is 0.116 e. The molecule has 76 valence electrons. The standard InChI is InChI=1S/C10H8Br4/c11-8-6-4-1-2-5(3-4)7(6)10(13,14)9(8)12/h1-2,4-7H,3H2. The van der Waals surface area contributed by atoms with E-state index in [1.54, 1.807) is 0 Å². The summed E-state index contributed by atoms with van der Waals surface area (Å²) in [4.78, 5) is 0. The van der Waals surface area contributed by atoms with Gasteiger partial charge in [0.15, 0.2) is 0 Å². The molecular weight excluding hydrogens is 440 g/mol. The molecule has 0 saturated heterocycles. The molecule has 3 aliphatic carbocycles. The van der Waals surface area contributed by atoms with Gasteiger partial charge in [0, 0.05) is 20.8 Å². The number of rotatable bonds is 0. The van der Waals surface area contributed by atoms with Gasteiger partial charge in [-0.15, -0.1) is 0 Å². The third-order valence-corrected chi connectivity index (χ3v) is 9.10. The summed E-state index contributed by atoms with van der Waals surface area (Å²) < 4.78 is 2.53. The lowest BCUT2D eigenvalue weighted by Gasteiger charge is -2.29. The lowest BCUT2D eigenvalue weighted by atomic mass is 9.85. The van der Waals surface area contributed by atoms with E-state index in [1.165, 1.54) is 15.4 Å². The summed E-state index contributed by atoms with van der Waals surface area (Å²) in [6.45, 7) is 0. The summed E-state index contributed by atoms with van der Waals surface area (Å²) in [6.07, 6.45) is 6.09. The molecule has 3 aliphatic rings. The molecular formula is C10H8Br4. The number of fused-ring (bicyclic) bond motifs is 5. The summed E-state index contributed by atoms with van der Waals surface area (Å²) in [5.41, 5.74) is 0. The maximum atomic E-state index is 3.81. The monoisotopic (exact) mass is 444 g/mol. The molecule has 0 nitrogen and oxygen atoms in total. The Morgan fingerprint density at radius 3 is 2.43 bits per heavy atom. The first kappa shape index (κ1) is 10.5. The van der Waals surface area contributed by atoms with Crippen molar-refractivity contribution in [3.05, 3.63) is 21.1 Å². The molecule has 0 heterocycles. The molecule has 0 radical (unpaired) electrons. The summed E-state index contributed by atoms with van der Waals surface area (Å²) in [6, 6.07) is 0. The minimum absolute atomic E-state index is 0.0479. The molecule has 1 fully saturated rings. The minimum atomic E-state index is -0.0479. The van der Waals surface area contributed by atoms with Crippen molar-refractivity contribution in [3.8, 4) is 0 Å². The number of hydrogen-bond donors (Lipinski definition) is 0. The highest BCUT2D eigenvalue weighted by Crippen LogP contribution is 2.68. The molecule has 14 heavy (non-hydrogen) atoms. The fourth-order valence-corrected chi connectivity index (χ4v) is 6.79. The second-order valence-corrected chi connectivity index (χ2v) is 9.50. The fraction of sp³-hybridized carbons (Fsp3) is 0.600. The van der Waals surface area contributed by atoms with Gasteiger partial charge in [-0.05, 0) is 18.3 Å². The smallest absolute Gasteiger partial charge is 0.0847 e. The van der Waals surface area contributed by atoms with Crippen LogP contribution in [0, 0.1) is 23.7 Å². The van der Waals surface area contributed by atoms with Gasteiger partial charge in [0.2, 0.25) is 0 Å². The highest BCUT2D eigenvalue weighted by atomic mass is 79.9. The van der Waals surface area contributed by atoms with Crippen LogP contribution in [0.3, 0.4) is 0 Å². The van der Waals surface area contributed by atoms with Crippen molar-refractivity contribution in [2.45, 2.75) is 9.65 Å². The molecule has 4 unspecified atom stereocenters. The number of allylic oxidation sites excluding steroid dienone is 4. The lowest BCUT2D eigenvalue weighted by Crippen LogP contribution is -2.28. The van der Waals surface area contributed by atoms with Gasteiger partial charge in [0.1, 0.15) is 3.23 Å². The van der Waals surface area contributed by atoms with E-state index in [4.69, 9.17) is 0 Å². The molecule has 3 rings (SSSR count). The average molecular weight is 448 g/mol. The maximum absolute atomic E-state index is 3.81. The molecule has 0 aromatic rings. The summed E-state index contributed by atoms with van der Waals surface area (Å²) >= 11 is 15.0. The zero-order valence-electron chi connectivity index (χ0n) is 7.18. The highest BCUT2D eigenvalue weighted by molar-refractivity contribution is 9.26. The van der Waals surface area contributed by atoms with Crippen LogP contribution in [0.25, 0.3) is 0 Å². The molecule has 0 spiro atoms. The van der Waals surface area contributed by atoms with Gasteiger partial charge in [-0.2, -0.15) is 0 Å². The van der Waals surface area contributed by atoms with Gasteiger partial charge in [-0.1, -0.05) is 75.9 Å². The predicted molar refractivity (Wildman–Crippen MR) is 73.2 cm³/mol. The second kappa shape index (κ2) is 3.21. The summed E-state index contributed by atoms with van der Waals surface area (Å²) in [5.74, 6) is 2.79. The van der Waals surface area contributed by atoms with Gasteiger partial charge >= 0.3 is 0 Å². The Bertz CT molecular complexity index is 355. The lowest BCUT2D eigenvalue weighted by molar-refractivity contribution is 0.394. The van der Waals surface area contributed by atoms with E-state index in [1.807, 2.05) is 0 Å². The van der Waals surface area contributed by atoms with Crippen LogP contribution in [0.15, 0.2) is 21.1 Å². The summed E-state index contributed by atoms with van der Waals surface area (Å²) in [5, 5.41) is 0. The topological polar surface area (TPSA) is 0 Å². The minimum Gasteiger partial charge on any atom is -0.0847 e. The Hall–Kier alpha value is 1.40. The first-order valence-corrected chi connectivity index (χ1v) is 7.82. The van der Waals surface area contributed by atoms with E-state index in [2.05, 4.69) is 75.9 Å². The van der Waals surface area contributed by atoms with Crippen LogP contribution in [-0.2, 0) is 0 Å². The molecule has 0 aromatic heterocycles. The maximum Gasteiger partial charge on any atom is 0.116 e. The zero-order valence-corrected chi connectivity index (χ0v) is 13.5. The fourth-order valence-electron chi connectivity index (χ4n) is 3.11. The van der Waals surface area contributed by atoms with Crippen molar-refractivity contribution >= 4 is 63.7 Å². The van der Waals surface area contributed by atoms with E-state index in [9.17, 15) is 0 Å². The number of hydrogen-bond acceptors (Lipinski definition) is 0. The quantitative estimate of drug-likeness (QED) is 0.365. The van der Waals surface area contributed by atoms with Crippen LogP contribution in [0.4, 0.5) is 0 Å². The van der Waals surface area contributed by atoms with E-state index in [0.29, 0.717) is 11.8 Å².